The van der Waals surface area contributed by atoms with Crippen molar-refractivity contribution in [3.63, 3.8) is 0 Å². The molecule has 33 heavy (non-hydrogen) atoms. The van der Waals surface area contributed by atoms with Crippen molar-refractivity contribution in [1.82, 2.24) is 14.8 Å². The van der Waals surface area contributed by atoms with Gasteiger partial charge in [-0.25, -0.2) is 0 Å². The van der Waals surface area contributed by atoms with Gasteiger partial charge in [0.25, 0.3) is 6.01 Å². The molecule has 3 heterocycles. The summed E-state index contributed by atoms with van der Waals surface area (Å²) < 4.78 is 5.88. The zero-order valence-corrected chi connectivity index (χ0v) is 18.7. The number of nitrogens with zero attached hydrogens (tertiary/aromatic N) is 4. The van der Waals surface area contributed by atoms with Crippen LogP contribution in [0.3, 0.4) is 0 Å². The predicted octanol–water partition coefficient (Wildman–Crippen LogP) is 2.83. The lowest BCUT2D eigenvalue weighted by atomic mass is 9.95. The highest BCUT2D eigenvalue weighted by Crippen LogP contribution is 2.27. The van der Waals surface area contributed by atoms with E-state index in [-0.39, 0.29) is 17.7 Å². The second-order valence-electron chi connectivity index (χ2n) is 8.74. The summed E-state index contributed by atoms with van der Waals surface area (Å²) in [7, 11) is 0. The second kappa shape index (κ2) is 9.62. The number of oxazole rings is 1. The number of hydrogen-bond donors (Lipinski definition) is 1. The van der Waals surface area contributed by atoms with E-state index in [0.29, 0.717) is 25.6 Å². The smallest absolute Gasteiger partial charge is 0.298 e. The van der Waals surface area contributed by atoms with E-state index in [9.17, 15) is 9.59 Å². The lowest BCUT2D eigenvalue weighted by molar-refractivity contribution is -0.138. The van der Waals surface area contributed by atoms with Gasteiger partial charge in [0.2, 0.25) is 11.8 Å². The molecule has 2 saturated heterocycles. The highest BCUT2D eigenvalue weighted by atomic mass is 16.4. The van der Waals surface area contributed by atoms with Crippen molar-refractivity contribution in [2.75, 3.05) is 56.0 Å². The van der Waals surface area contributed by atoms with E-state index in [2.05, 4.69) is 20.1 Å². The average Bonchev–Trinajstić information content (AvgIpc) is 3.29. The van der Waals surface area contributed by atoms with E-state index >= 15 is 0 Å². The fourth-order valence-corrected chi connectivity index (χ4v) is 4.62. The van der Waals surface area contributed by atoms with Crippen LogP contribution in [0.15, 0.2) is 59.0 Å². The molecule has 0 spiro atoms. The fourth-order valence-electron chi connectivity index (χ4n) is 4.62. The minimum atomic E-state index is -0.0208. The van der Waals surface area contributed by atoms with Gasteiger partial charge in [-0.1, -0.05) is 30.3 Å². The van der Waals surface area contributed by atoms with Crippen LogP contribution in [-0.4, -0.2) is 72.4 Å². The molecule has 0 aliphatic carbocycles. The Morgan fingerprint density at radius 1 is 0.909 bits per heavy atom. The summed E-state index contributed by atoms with van der Waals surface area (Å²) in [6.07, 6.45) is 1.61. The number of anilines is 2. The second-order valence-corrected chi connectivity index (χ2v) is 8.74. The van der Waals surface area contributed by atoms with Crippen molar-refractivity contribution < 1.29 is 14.0 Å². The molecule has 2 aliphatic heterocycles. The molecule has 0 radical (unpaired) electrons. The summed E-state index contributed by atoms with van der Waals surface area (Å²) in [6.45, 7) is 4.66. The fraction of sp³-hybridized carbons (Fsp3) is 0.400. The molecule has 1 aromatic heterocycles. The molecular weight excluding hydrogens is 418 g/mol. The number of carbonyl (C=O) groups is 2. The van der Waals surface area contributed by atoms with Gasteiger partial charge in [0.05, 0.1) is 6.54 Å². The molecule has 0 unspecified atom stereocenters. The van der Waals surface area contributed by atoms with E-state index in [4.69, 9.17) is 4.42 Å². The van der Waals surface area contributed by atoms with E-state index < -0.39 is 0 Å². The number of piperidine rings is 1. The van der Waals surface area contributed by atoms with Gasteiger partial charge in [0.15, 0.2) is 5.58 Å². The normalized spacial score (nSPS) is 17.9. The van der Waals surface area contributed by atoms with Gasteiger partial charge in [0.1, 0.15) is 5.52 Å². The molecule has 8 nitrogen and oxygen atoms in total. The van der Waals surface area contributed by atoms with Gasteiger partial charge in [0, 0.05) is 50.9 Å². The van der Waals surface area contributed by atoms with E-state index in [0.717, 1.165) is 55.8 Å². The minimum Gasteiger partial charge on any atom is -0.423 e. The number of nitrogens with one attached hydrogen (secondary N) is 1. The minimum absolute atomic E-state index is 0.0208. The van der Waals surface area contributed by atoms with Crippen LogP contribution in [0.1, 0.15) is 12.8 Å². The van der Waals surface area contributed by atoms with Crippen LogP contribution < -0.4 is 10.2 Å². The lowest BCUT2D eigenvalue weighted by Crippen LogP contribution is -2.52. The van der Waals surface area contributed by atoms with Crippen LogP contribution in [0.2, 0.25) is 0 Å². The largest absolute Gasteiger partial charge is 0.423 e. The van der Waals surface area contributed by atoms with Gasteiger partial charge in [-0.15, -0.1) is 0 Å². The van der Waals surface area contributed by atoms with Crippen LogP contribution in [0.4, 0.5) is 11.7 Å². The highest BCUT2D eigenvalue weighted by Gasteiger charge is 2.31. The molecule has 2 amide bonds. The summed E-state index contributed by atoms with van der Waals surface area (Å²) in [5.41, 5.74) is 2.46. The summed E-state index contributed by atoms with van der Waals surface area (Å²) >= 11 is 0. The molecule has 5 rings (SSSR count). The molecule has 2 aromatic carbocycles. The van der Waals surface area contributed by atoms with Crippen LogP contribution in [0.25, 0.3) is 11.1 Å². The number of aromatic nitrogens is 1. The maximum atomic E-state index is 13.1. The molecule has 1 N–H and O–H groups in total. The van der Waals surface area contributed by atoms with E-state index in [1.165, 1.54) is 0 Å². The zero-order chi connectivity index (χ0) is 22.6. The van der Waals surface area contributed by atoms with Gasteiger partial charge in [-0.05, 0) is 37.1 Å². The molecule has 0 atom stereocenters. The monoisotopic (exact) mass is 447 g/mol. The van der Waals surface area contributed by atoms with Crippen LogP contribution >= 0.6 is 0 Å². The number of amides is 2. The first-order chi connectivity index (χ1) is 16.2. The number of fused-ring (bicyclic) bond motifs is 1. The third-order valence-corrected chi connectivity index (χ3v) is 6.51. The quantitative estimate of drug-likeness (QED) is 0.648. The van der Waals surface area contributed by atoms with Crippen LogP contribution in [0, 0.1) is 5.92 Å². The number of rotatable bonds is 5. The first-order valence-corrected chi connectivity index (χ1v) is 11.6. The van der Waals surface area contributed by atoms with Gasteiger partial charge in [-0.3, -0.25) is 14.5 Å². The molecule has 2 aliphatic rings. The Morgan fingerprint density at radius 2 is 1.61 bits per heavy atom. The lowest BCUT2D eigenvalue weighted by Gasteiger charge is -2.38. The van der Waals surface area contributed by atoms with Crippen LogP contribution in [0.5, 0.6) is 0 Å². The predicted molar refractivity (Wildman–Crippen MR) is 127 cm³/mol. The SMILES string of the molecule is O=C(CN1CCN(C(=O)C2CCN(c3nc4ccccc4o3)CC2)CC1)Nc1ccccc1. The molecule has 3 aromatic rings. The number of carbonyl (C=O) groups excluding carboxylic acids is 2. The summed E-state index contributed by atoms with van der Waals surface area (Å²) in [5.74, 6) is 0.256. The number of piperazine rings is 1. The van der Waals surface area contributed by atoms with Crippen molar-refractivity contribution in [2.24, 2.45) is 5.92 Å². The Balaban J connectivity index is 1.07. The van der Waals surface area contributed by atoms with E-state index in [1.807, 2.05) is 59.5 Å². The summed E-state index contributed by atoms with van der Waals surface area (Å²) in [4.78, 5) is 36.2. The van der Waals surface area contributed by atoms with Gasteiger partial charge >= 0.3 is 0 Å². The Hall–Kier alpha value is -3.39. The van der Waals surface area contributed by atoms with Gasteiger partial charge < -0.3 is 19.5 Å². The molecular formula is C25H29N5O3. The topological polar surface area (TPSA) is 81.9 Å². The zero-order valence-electron chi connectivity index (χ0n) is 18.7. The third-order valence-electron chi connectivity index (χ3n) is 6.51. The van der Waals surface area contributed by atoms with Crippen molar-refractivity contribution >= 4 is 34.6 Å². The maximum absolute atomic E-state index is 13.1. The third kappa shape index (κ3) is 5.01. The summed E-state index contributed by atoms with van der Waals surface area (Å²) in [6, 6.07) is 17.9. The average molecular weight is 448 g/mol. The van der Waals surface area contributed by atoms with Crippen molar-refractivity contribution in [3.8, 4) is 0 Å². The standard InChI is InChI=1S/C25H29N5O3/c31-23(26-20-6-2-1-3-7-20)18-28-14-16-29(17-15-28)24(32)19-10-12-30(13-11-19)25-27-21-8-4-5-9-22(21)33-25/h1-9,19H,10-18H2,(H,26,31). The van der Waals surface area contributed by atoms with Crippen LogP contribution in [-0.2, 0) is 9.59 Å². The maximum Gasteiger partial charge on any atom is 0.298 e. The molecule has 0 saturated carbocycles. The Kier molecular flexibility index (Phi) is 6.26. The molecule has 0 bridgehead atoms. The van der Waals surface area contributed by atoms with Crippen molar-refractivity contribution in [2.45, 2.75) is 12.8 Å². The highest BCUT2D eigenvalue weighted by molar-refractivity contribution is 5.92. The Labute approximate surface area is 193 Å². The first kappa shape index (κ1) is 21.5. The van der Waals surface area contributed by atoms with Gasteiger partial charge in [-0.2, -0.15) is 4.98 Å². The Bertz CT molecular complexity index is 1070. The van der Waals surface area contributed by atoms with Crippen molar-refractivity contribution in [3.05, 3.63) is 54.6 Å². The Morgan fingerprint density at radius 3 is 2.33 bits per heavy atom. The van der Waals surface area contributed by atoms with Crippen molar-refractivity contribution in [1.29, 1.82) is 0 Å². The number of benzene rings is 2. The first-order valence-electron chi connectivity index (χ1n) is 11.6. The van der Waals surface area contributed by atoms with E-state index in [1.54, 1.807) is 0 Å². The number of para-hydroxylation sites is 3. The molecule has 8 heteroatoms. The molecule has 2 fully saturated rings. The summed E-state index contributed by atoms with van der Waals surface area (Å²) in [5, 5.41) is 2.92. The molecule has 172 valence electrons. The number of hydrogen-bond acceptors (Lipinski definition) is 6.